The number of halogens is 2. The Morgan fingerprint density at radius 2 is 2.00 bits per heavy atom. The molecule has 2 aromatic rings. The Kier molecular flexibility index (Phi) is 2.52. The number of pyridine rings is 1. The number of nitrogens with zero attached hydrogens (tertiary/aromatic N) is 3. The highest BCUT2D eigenvalue weighted by atomic mass is 35.5. The molecule has 0 aromatic carbocycles. The van der Waals surface area contributed by atoms with E-state index >= 15 is 0 Å². The van der Waals surface area contributed by atoms with E-state index < -0.39 is 0 Å². The third-order valence-electron chi connectivity index (χ3n) is 1.98. The molecular formula is C9H7Cl2N3. The van der Waals surface area contributed by atoms with Crippen LogP contribution in [0.3, 0.4) is 0 Å². The van der Waals surface area contributed by atoms with Gasteiger partial charge in [-0.15, -0.1) is 0 Å². The van der Waals surface area contributed by atoms with Gasteiger partial charge in [-0.3, -0.25) is 4.98 Å². The maximum atomic E-state index is 5.89. The standard InChI is InChI=1S/C9H7Cl2N3/c1-2-5-3-4-12-7-6(5)13-9(11)14-8(7)10/h3-4H,2H2,1H3. The molecule has 0 bridgehead atoms. The van der Waals surface area contributed by atoms with Gasteiger partial charge in [0.25, 0.3) is 0 Å². The third-order valence-corrected chi connectivity index (χ3v) is 2.41. The lowest BCUT2D eigenvalue weighted by atomic mass is 10.2. The van der Waals surface area contributed by atoms with Crippen molar-refractivity contribution in [2.45, 2.75) is 13.3 Å². The number of aromatic nitrogens is 3. The second-order valence-corrected chi connectivity index (χ2v) is 3.50. The summed E-state index contributed by atoms with van der Waals surface area (Å²) in [5, 5.41) is 0.459. The van der Waals surface area contributed by atoms with Crippen molar-refractivity contribution in [1.82, 2.24) is 15.0 Å². The highest BCUT2D eigenvalue weighted by Gasteiger charge is 2.08. The minimum absolute atomic E-state index is 0.158. The van der Waals surface area contributed by atoms with E-state index in [1.807, 2.05) is 13.0 Å². The van der Waals surface area contributed by atoms with E-state index in [2.05, 4.69) is 15.0 Å². The van der Waals surface area contributed by atoms with Gasteiger partial charge >= 0.3 is 0 Å². The molecule has 0 amide bonds. The molecule has 0 atom stereocenters. The smallest absolute Gasteiger partial charge is 0.224 e. The van der Waals surface area contributed by atoms with Gasteiger partial charge in [-0.2, -0.15) is 0 Å². The molecule has 2 aromatic heterocycles. The van der Waals surface area contributed by atoms with Crippen LogP contribution in [0.15, 0.2) is 12.3 Å². The first-order valence-electron chi connectivity index (χ1n) is 4.19. The lowest BCUT2D eigenvalue weighted by Crippen LogP contribution is -1.93. The molecular weight excluding hydrogens is 221 g/mol. The molecule has 0 aliphatic carbocycles. The summed E-state index contributed by atoms with van der Waals surface area (Å²) in [7, 11) is 0. The number of fused-ring (bicyclic) bond motifs is 1. The number of hydrogen-bond donors (Lipinski definition) is 0. The van der Waals surface area contributed by atoms with Crippen molar-refractivity contribution in [3.8, 4) is 0 Å². The van der Waals surface area contributed by atoms with Gasteiger partial charge in [-0.1, -0.05) is 18.5 Å². The van der Waals surface area contributed by atoms with Gasteiger partial charge in [0.1, 0.15) is 5.52 Å². The van der Waals surface area contributed by atoms with E-state index in [1.165, 1.54) is 0 Å². The van der Waals surface area contributed by atoms with Gasteiger partial charge in [-0.25, -0.2) is 9.97 Å². The van der Waals surface area contributed by atoms with Crippen LogP contribution in [0.1, 0.15) is 12.5 Å². The first-order chi connectivity index (χ1) is 6.72. The molecule has 0 saturated carbocycles. The Bertz CT molecular complexity index is 485. The molecule has 5 heteroatoms. The quantitative estimate of drug-likeness (QED) is 0.556. The first kappa shape index (κ1) is 9.62. The van der Waals surface area contributed by atoms with Crippen LogP contribution in [0.5, 0.6) is 0 Å². The molecule has 14 heavy (non-hydrogen) atoms. The Morgan fingerprint density at radius 1 is 1.21 bits per heavy atom. The molecule has 0 aliphatic heterocycles. The van der Waals surface area contributed by atoms with E-state index in [4.69, 9.17) is 23.2 Å². The van der Waals surface area contributed by atoms with Crippen molar-refractivity contribution in [2.75, 3.05) is 0 Å². The molecule has 0 aliphatic rings. The normalized spacial score (nSPS) is 10.8. The summed E-state index contributed by atoms with van der Waals surface area (Å²) in [6.45, 7) is 2.04. The van der Waals surface area contributed by atoms with E-state index in [1.54, 1.807) is 6.20 Å². The van der Waals surface area contributed by atoms with Crippen molar-refractivity contribution < 1.29 is 0 Å². The monoisotopic (exact) mass is 227 g/mol. The second kappa shape index (κ2) is 3.67. The lowest BCUT2D eigenvalue weighted by Gasteiger charge is -2.03. The van der Waals surface area contributed by atoms with Gasteiger partial charge in [0.15, 0.2) is 5.15 Å². The van der Waals surface area contributed by atoms with E-state index in [0.29, 0.717) is 10.7 Å². The molecule has 3 nitrogen and oxygen atoms in total. The largest absolute Gasteiger partial charge is 0.251 e. The summed E-state index contributed by atoms with van der Waals surface area (Å²) in [5.41, 5.74) is 2.41. The molecule has 0 unspecified atom stereocenters. The Hall–Kier alpha value is -0.930. The van der Waals surface area contributed by atoms with Crippen molar-refractivity contribution in [3.63, 3.8) is 0 Å². The summed E-state index contributed by atoms with van der Waals surface area (Å²) in [6.07, 6.45) is 2.56. The molecule has 2 heterocycles. The second-order valence-electron chi connectivity index (χ2n) is 2.80. The predicted molar refractivity (Wildman–Crippen MR) is 56.7 cm³/mol. The fourth-order valence-corrected chi connectivity index (χ4v) is 1.74. The fraction of sp³-hybridized carbons (Fsp3) is 0.222. The van der Waals surface area contributed by atoms with Crippen LogP contribution >= 0.6 is 23.2 Å². The number of aryl methyl sites for hydroxylation is 1. The Morgan fingerprint density at radius 3 is 2.71 bits per heavy atom. The van der Waals surface area contributed by atoms with Gasteiger partial charge in [0, 0.05) is 6.20 Å². The molecule has 2 rings (SSSR count). The molecule has 0 radical (unpaired) electrons. The average molecular weight is 228 g/mol. The molecule has 0 saturated heterocycles. The van der Waals surface area contributed by atoms with Gasteiger partial charge in [0.05, 0.1) is 5.52 Å². The minimum atomic E-state index is 0.158. The van der Waals surface area contributed by atoms with Crippen molar-refractivity contribution >= 4 is 34.2 Å². The maximum absolute atomic E-state index is 5.89. The summed E-state index contributed by atoms with van der Waals surface area (Å²) in [4.78, 5) is 12.1. The van der Waals surface area contributed by atoms with Crippen LogP contribution in [-0.4, -0.2) is 15.0 Å². The zero-order valence-electron chi connectivity index (χ0n) is 7.46. The number of hydrogen-bond acceptors (Lipinski definition) is 3. The first-order valence-corrected chi connectivity index (χ1v) is 4.94. The summed E-state index contributed by atoms with van der Waals surface area (Å²) >= 11 is 11.6. The lowest BCUT2D eigenvalue weighted by molar-refractivity contribution is 1.11. The molecule has 0 N–H and O–H groups in total. The molecule has 72 valence electrons. The van der Waals surface area contributed by atoms with Crippen LogP contribution < -0.4 is 0 Å². The Balaban J connectivity index is 2.86. The van der Waals surface area contributed by atoms with Crippen molar-refractivity contribution in [1.29, 1.82) is 0 Å². The van der Waals surface area contributed by atoms with E-state index in [0.717, 1.165) is 17.5 Å². The fourth-order valence-electron chi connectivity index (χ4n) is 1.31. The number of rotatable bonds is 1. The predicted octanol–water partition coefficient (Wildman–Crippen LogP) is 2.89. The average Bonchev–Trinajstić information content (AvgIpc) is 2.17. The SMILES string of the molecule is CCc1ccnc2c(Cl)nc(Cl)nc12. The van der Waals surface area contributed by atoms with Gasteiger partial charge < -0.3 is 0 Å². The topological polar surface area (TPSA) is 38.7 Å². The third kappa shape index (κ3) is 1.53. The molecule has 0 spiro atoms. The van der Waals surface area contributed by atoms with Crippen molar-refractivity contribution in [2.24, 2.45) is 0 Å². The zero-order chi connectivity index (χ0) is 10.1. The summed E-state index contributed by atoms with van der Waals surface area (Å²) in [5.74, 6) is 0. The van der Waals surface area contributed by atoms with E-state index in [9.17, 15) is 0 Å². The maximum Gasteiger partial charge on any atom is 0.224 e. The van der Waals surface area contributed by atoms with Crippen LogP contribution in [0.4, 0.5) is 0 Å². The van der Waals surface area contributed by atoms with Gasteiger partial charge in [0.2, 0.25) is 5.28 Å². The Labute approximate surface area is 91.1 Å². The molecule has 0 fully saturated rings. The van der Waals surface area contributed by atoms with Crippen LogP contribution in [-0.2, 0) is 6.42 Å². The van der Waals surface area contributed by atoms with Crippen LogP contribution in [0.2, 0.25) is 10.4 Å². The van der Waals surface area contributed by atoms with Crippen LogP contribution in [0.25, 0.3) is 11.0 Å². The summed E-state index contributed by atoms with van der Waals surface area (Å²) < 4.78 is 0. The highest BCUT2D eigenvalue weighted by Crippen LogP contribution is 2.22. The highest BCUT2D eigenvalue weighted by molar-refractivity contribution is 6.35. The zero-order valence-corrected chi connectivity index (χ0v) is 8.97. The summed E-state index contributed by atoms with van der Waals surface area (Å²) in [6, 6.07) is 1.90. The van der Waals surface area contributed by atoms with Gasteiger partial charge in [-0.05, 0) is 29.7 Å². The van der Waals surface area contributed by atoms with Crippen molar-refractivity contribution in [3.05, 3.63) is 28.3 Å². The van der Waals surface area contributed by atoms with Crippen LogP contribution in [0, 0.1) is 0 Å². The van der Waals surface area contributed by atoms with E-state index in [-0.39, 0.29) is 5.28 Å². The minimum Gasteiger partial charge on any atom is -0.251 e.